The molecule has 0 bridgehead atoms. The summed E-state index contributed by atoms with van der Waals surface area (Å²) >= 11 is 0. The molecule has 8 heteroatoms. The quantitative estimate of drug-likeness (QED) is 0.407. The van der Waals surface area contributed by atoms with Gasteiger partial charge >= 0.3 is 6.18 Å². The third kappa shape index (κ3) is 7.69. The van der Waals surface area contributed by atoms with Crippen molar-refractivity contribution in [3.8, 4) is 0 Å². The lowest BCUT2D eigenvalue weighted by atomic mass is 10.1. The van der Waals surface area contributed by atoms with Crippen molar-refractivity contribution in [2.24, 2.45) is 4.99 Å². The fourth-order valence-corrected chi connectivity index (χ4v) is 2.71. The average molecular weight is 456 g/mol. The molecule has 1 aromatic carbocycles. The summed E-state index contributed by atoms with van der Waals surface area (Å²) in [7, 11) is 1.67. The topological polar surface area (TPSA) is 39.7 Å². The van der Waals surface area contributed by atoms with E-state index in [0.717, 1.165) is 13.0 Å². The van der Waals surface area contributed by atoms with Crippen LogP contribution in [-0.4, -0.2) is 56.3 Å². The van der Waals surface area contributed by atoms with Crippen LogP contribution >= 0.6 is 24.0 Å². The van der Waals surface area contributed by atoms with Crippen molar-refractivity contribution in [2.45, 2.75) is 25.1 Å². The van der Waals surface area contributed by atoms with Gasteiger partial charge in [0.1, 0.15) is 0 Å². The molecule has 0 spiro atoms. The molecule has 2 N–H and O–H groups in total. The Morgan fingerprint density at radius 1 is 1.29 bits per heavy atom. The highest BCUT2D eigenvalue weighted by atomic mass is 127. The summed E-state index contributed by atoms with van der Waals surface area (Å²) in [6.07, 6.45) is -2.58. The lowest BCUT2D eigenvalue weighted by Crippen LogP contribution is -2.45. The number of hydrogen-bond acceptors (Lipinski definition) is 2. The molecule has 136 valence electrons. The Bertz CT molecular complexity index is 508. The summed E-state index contributed by atoms with van der Waals surface area (Å²) in [5, 5.41) is 6.40. The van der Waals surface area contributed by atoms with Gasteiger partial charge in [-0.2, -0.15) is 13.2 Å². The molecule has 1 aromatic rings. The highest BCUT2D eigenvalue weighted by Gasteiger charge is 2.34. The maximum atomic E-state index is 12.4. The number of nitrogens with one attached hydrogen (secondary N) is 2. The van der Waals surface area contributed by atoms with Gasteiger partial charge in [-0.3, -0.25) is 9.89 Å². The Kier molecular flexibility index (Phi) is 8.82. The van der Waals surface area contributed by atoms with E-state index in [1.807, 2.05) is 18.2 Å². The van der Waals surface area contributed by atoms with Crippen LogP contribution in [0, 0.1) is 0 Å². The van der Waals surface area contributed by atoms with E-state index in [4.69, 9.17) is 0 Å². The SMILES string of the molecule is CN=C(NCCc1ccccc1)NC1CCN(CC(F)(F)F)C1.I. The first-order valence-electron chi connectivity index (χ1n) is 7.76. The Hall–Kier alpha value is -1.03. The number of guanidine groups is 1. The Morgan fingerprint density at radius 2 is 2.00 bits per heavy atom. The molecule has 1 aliphatic heterocycles. The average Bonchev–Trinajstić information content (AvgIpc) is 2.92. The molecule has 1 atom stereocenters. The highest BCUT2D eigenvalue weighted by Crippen LogP contribution is 2.19. The van der Waals surface area contributed by atoms with Gasteiger partial charge in [-0.1, -0.05) is 30.3 Å². The third-order valence-electron chi connectivity index (χ3n) is 3.79. The standard InChI is InChI=1S/C16H23F3N4.HI/c1-20-15(21-9-7-13-5-3-2-4-6-13)22-14-8-10-23(11-14)12-16(17,18)19;/h2-6,14H,7-12H2,1H3,(H2,20,21,22);1H. The monoisotopic (exact) mass is 456 g/mol. The van der Waals surface area contributed by atoms with Gasteiger partial charge in [0.2, 0.25) is 0 Å². The van der Waals surface area contributed by atoms with Gasteiger partial charge in [-0.25, -0.2) is 0 Å². The van der Waals surface area contributed by atoms with Crippen LogP contribution in [0.5, 0.6) is 0 Å². The van der Waals surface area contributed by atoms with Crippen molar-refractivity contribution < 1.29 is 13.2 Å². The van der Waals surface area contributed by atoms with Crippen molar-refractivity contribution in [3.63, 3.8) is 0 Å². The molecule has 4 nitrogen and oxygen atoms in total. The normalized spacial score (nSPS) is 19.0. The number of hydrogen-bond donors (Lipinski definition) is 2. The Labute approximate surface area is 157 Å². The molecule has 0 amide bonds. The summed E-state index contributed by atoms with van der Waals surface area (Å²) in [4.78, 5) is 5.56. The van der Waals surface area contributed by atoms with Gasteiger partial charge in [0.25, 0.3) is 0 Å². The minimum atomic E-state index is -4.13. The minimum absolute atomic E-state index is 0. The van der Waals surface area contributed by atoms with Gasteiger partial charge in [0.15, 0.2) is 5.96 Å². The van der Waals surface area contributed by atoms with Crippen molar-refractivity contribution in [1.29, 1.82) is 0 Å². The van der Waals surface area contributed by atoms with Crippen molar-refractivity contribution in [3.05, 3.63) is 35.9 Å². The summed E-state index contributed by atoms with van der Waals surface area (Å²) in [5.41, 5.74) is 1.23. The van der Waals surface area contributed by atoms with E-state index >= 15 is 0 Å². The molecule has 0 saturated carbocycles. The zero-order valence-electron chi connectivity index (χ0n) is 13.6. The van der Waals surface area contributed by atoms with Gasteiger partial charge in [0, 0.05) is 32.7 Å². The molecule has 1 heterocycles. The molecule has 1 aliphatic rings. The molecule has 1 fully saturated rings. The van der Waals surface area contributed by atoms with Crippen LogP contribution in [0.1, 0.15) is 12.0 Å². The molecule has 24 heavy (non-hydrogen) atoms. The fraction of sp³-hybridized carbons (Fsp3) is 0.562. The summed E-state index contributed by atoms with van der Waals surface area (Å²) in [5.74, 6) is 0.639. The van der Waals surface area contributed by atoms with Gasteiger partial charge in [-0.05, 0) is 18.4 Å². The Balaban J connectivity index is 0.00000288. The molecule has 0 aliphatic carbocycles. The van der Waals surface area contributed by atoms with Crippen molar-refractivity contribution in [2.75, 3.05) is 33.2 Å². The first-order chi connectivity index (χ1) is 11.0. The van der Waals surface area contributed by atoms with Crippen LogP contribution in [0.3, 0.4) is 0 Å². The number of likely N-dealkylation sites (tertiary alicyclic amines) is 1. The number of nitrogens with zero attached hydrogens (tertiary/aromatic N) is 2. The molecule has 1 saturated heterocycles. The zero-order valence-corrected chi connectivity index (χ0v) is 16.0. The maximum Gasteiger partial charge on any atom is 0.401 e. The van der Waals surface area contributed by atoms with Gasteiger partial charge in [-0.15, -0.1) is 24.0 Å². The molecule has 2 rings (SSSR count). The van der Waals surface area contributed by atoms with E-state index in [1.54, 1.807) is 7.05 Å². The van der Waals surface area contributed by atoms with E-state index in [2.05, 4.69) is 27.8 Å². The van der Waals surface area contributed by atoms with Crippen LogP contribution in [-0.2, 0) is 6.42 Å². The smallest absolute Gasteiger partial charge is 0.356 e. The van der Waals surface area contributed by atoms with Crippen LogP contribution in [0.4, 0.5) is 13.2 Å². The Morgan fingerprint density at radius 3 is 2.62 bits per heavy atom. The number of aliphatic imine (C=N–C) groups is 1. The van der Waals surface area contributed by atoms with Crippen LogP contribution in [0.25, 0.3) is 0 Å². The van der Waals surface area contributed by atoms with E-state index in [9.17, 15) is 13.2 Å². The highest BCUT2D eigenvalue weighted by molar-refractivity contribution is 14.0. The second-order valence-electron chi connectivity index (χ2n) is 5.71. The molecule has 0 radical (unpaired) electrons. The predicted octanol–water partition coefficient (Wildman–Crippen LogP) is 2.65. The van der Waals surface area contributed by atoms with Crippen molar-refractivity contribution in [1.82, 2.24) is 15.5 Å². The van der Waals surface area contributed by atoms with E-state index < -0.39 is 12.7 Å². The van der Waals surface area contributed by atoms with Crippen LogP contribution in [0.2, 0.25) is 0 Å². The number of alkyl halides is 3. The third-order valence-corrected chi connectivity index (χ3v) is 3.79. The van der Waals surface area contributed by atoms with E-state index in [-0.39, 0.29) is 30.0 Å². The second-order valence-corrected chi connectivity index (χ2v) is 5.71. The fourth-order valence-electron chi connectivity index (χ4n) is 2.71. The lowest BCUT2D eigenvalue weighted by Gasteiger charge is -2.19. The lowest BCUT2D eigenvalue weighted by molar-refractivity contribution is -0.143. The molecule has 1 unspecified atom stereocenters. The molecular weight excluding hydrogens is 432 g/mol. The first-order valence-corrected chi connectivity index (χ1v) is 7.76. The molecular formula is C16H24F3IN4. The summed E-state index contributed by atoms with van der Waals surface area (Å²) in [6.45, 7) is 0.727. The van der Waals surface area contributed by atoms with E-state index in [1.165, 1.54) is 10.5 Å². The number of halogens is 4. The van der Waals surface area contributed by atoms with E-state index in [0.29, 0.717) is 25.5 Å². The largest absolute Gasteiger partial charge is 0.401 e. The molecule has 0 aromatic heterocycles. The maximum absolute atomic E-state index is 12.4. The summed E-state index contributed by atoms with van der Waals surface area (Å²) < 4.78 is 37.2. The number of benzene rings is 1. The number of rotatable bonds is 5. The van der Waals surface area contributed by atoms with Crippen molar-refractivity contribution >= 4 is 29.9 Å². The van der Waals surface area contributed by atoms with Crippen LogP contribution < -0.4 is 10.6 Å². The second kappa shape index (κ2) is 10.1. The van der Waals surface area contributed by atoms with Gasteiger partial charge in [0.05, 0.1) is 6.54 Å². The predicted molar refractivity (Wildman–Crippen MR) is 101 cm³/mol. The minimum Gasteiger partial charge on any atom is -0.356 e. The first kappa shape index (κ1) is 21.0. The summed E-state index contributed by atoms with van der Waals surface area (Å²) in [6, 6.07) is 10.1. The van der Waals surface area contributed by atoms with Gasteiger partial charge < -0.3 is 10.6 Å². The zero-order chi connectivity index (χ0) is 16.7. The van der Waals surface area contributed by atoms with Crippen LogP contribution in [0.15, 0.2) is 35.3 Å².